The number of carbonyl (C=O) groups is 1. The summed E-state index contributed by atoms with van der Waals surface area (Å²) in [6.07, 6.45) is 8.25. The highest BCUT2D eigenvalue weighted by Crippen LogP contribution is 2.37. The second kappa shape index (κ2) is 6.57. The summed E-state index contributed by atoms with van der Waals surface area (Å²) in [5, 5.41) is 0. The lowest BCUT2D eigenvalue weighted by Gasteiger charge is -2.49. The van der Waals surface area contributed by atoms with Crippen molar-refractivity contribution in [2.75, 3.05) is 34.2 Å². The number of hydrogen-bond acceptors (Lipinski definition) is 3. The fourth-order valence-electron chi connectivity index (χ4n) is 4.02. The van der Waals surface area contributed by atoms with Crippen molar-refractivity contribution in [3.8, 4) is 0 Å². The third kappa shape index (κ3) is 3.43. The van der Waals surface area contributed by atoms with E-state index in [0.29, 0.717) is 11.3 Å². The monoisotopic (exact) mass is 280 g/mol. The molecule has 2 aliphatic carbocycles. The fourth-order valence-corrected chi connectivity index (χ4v) is 4.02. The predicted molar refractivity (Wildman–Crippen MR) is 83.9 cm³/mol. The zero-order valence-corrected chi connectivity index (χ0v) is 13.8. The highest BCUT2D eigenvalue weighted by Gasteiger charge is 2.40. The van der Waals surface area contributed by atoms with Crippen molar-refractivity contribution in [2.45, 2.75) is 57.4 Å². The molecule has 0 aromatic heterocycles. The van der Waals surface area contributed by atoms with E-state index in [1.165, 1.54) is 25.7 Å². The summed E-state index contributed by atoms with van der Waals surface area (Å²) < 4.78 is 0. The summed E-state index contributed by atoms with van der Waals surface area (Å²) in [7, 11) is 6.60. The van der Waals surface area contributed by atoms with Gasteiger partial charge in [0, 0.05) is 31.0 Å². The summed E-state index contributed by atoms with van der Waals surface area (Å²) in [6, 6.07) is 0. The molecule has 0 amide bonds. The third-order valence-corrected chi connectivity index (χ3v) is 5.78. The minimum absolute atomic E-state index is 0.290. The molecule has 2 atom stereocenters. The Hall–Kier alpha value is -0.410. The van der Waals surface area contributed by atoms with Crippen LogP contribution in [0, 0.1) is 11.8 Å². The van der Waals surface area contributed by atoms with Gasteiger partial charge in [0.05, 0.1) is 0 Å². The molecule has 2 unspecified atom stereocenters. The Morgan fingerprint density at radius 3 is 2.45 bits per heavy atom. The summed E-state index contributed by atoms with van der Waals surface area (Å²) >= 11 is 0. The van der Waals surface area contributed by atoms with Crippen LogP contribution in [0.1, 0.15) is 51.9 Å². The molecule has 0 spiro atoms. The van der Waals surface area contributed by atoms with Gasteiger partial charge in [-0.25, -0.2) is 0 Å². The van der Waals surface area contributed by atoms with Crippen molar-refractivity contribution in [2.24, 2.45) is 11.8 Å². The van der Waals surface area contributed by atoms with Crippen LogP contribution in [0.3, 0.4) is 0 Å². The SMILES string of the molecule is CCC1CCC(=O)C(CN(C)CC2(N(C)C)CCC2)C1. The molecular formula is C17H32N2O. The van der Waals surface area contributed by atoms with Crippen LogP contribution in [-0.2, 0) is 4.79 Å². The van der Waals surface area contributed by atoms with Crippen molar-refractivity contribution in [1.29, 1.82) is 0 Å². The van der Waals surface area contributed by atoms with Crippen LogP contribution in [-0.4, -0.2) is 55.4 Å². The normalized spacial score (nSPS) is 29.8. The van der Waals surface area contributed by atoms with Gasteiger partial charge in [0.15, 0.2) is 0 Å². The van der Waals surface area contributed by atoms with Gasteiger partial charge in [-0.15, -0.1) is 0 Å². The number of ketones is 1. The van der Waals surface area contributed by atoms with E-state index in [2.05, 4.69) is 37.9 Å². The first-order valence-electron chi connectivity index (χ1n) is 8.35. The van der Waals surface area contributed by atoms with E-state index >= 15 is 0 Å². The standard InChI is InChI=1S/C17H32N2O/c1-5-14-7-8-16(20)15(11-14)12-19(4)13-17(18(2)3)9-6-10-17/h14-15H,5-13H2,1-4H3. The number of carbonyl (C=O) groups excluding carboxylic acids is 1. The second-order valence-electron chi connectivity index (χ2n) is 7.38. The maximum Gasteiger partial charge on any atom is 0.137 e. The lowest BCUT2D eigenvalue weighted by Crippen LogP contribution is -2.57. The average molecular weight is 280 g/mol. The van der Waals surface area contributed by atoms with Gasteiger partial charge in [-0.1, -0.05) is 13.3 Å². The lowest BCUT2D eigenvalue weighted by molar-refractivity contribution is -0.126. The Morgan fingerprint density at radius 1 is 1.25 bits per heavy atom. The molecule has 3 heteroatoms. The zero-order chi connectivity index (χ0) is 14.8. The molecule has 0 bridgehead atoms. The maximum atomic E-state index is 12.1. The van der Waals surface area contributed by atoms with Gasteiger partial charge in [0.25, 0.3) is 0 Å². The molecule has 2 saturated carbocycles. The lowest BCUT2D eigenvalue weighted by atomic mass is 9.75. The van der Waals surface area contributed by atoms with E-state index in [9.17, 15) is 4.79 Å². The molecule has 3 nitrogen and oxygen atoms in total. The predicted octanol–water partition coefficient (Wildman–Crippen LogP) is 2.80. The third-order valence-electron chi connectivity index (χ3n) is 5.78. The van der Waals surface area contributed by atoms with Gasteiger partial charge in [0.1, 0.15) is 5.78 Å². The van der Waals surface area contributed by atoms with Crippen molar-refractivity contribution in [3.63, 3.8) is 0 Å². The van der Waals surface area contributed by atoms with Crippen LogP contribution in [0.2, 0.25) is 0 Å². The molecule has 0 aromatic carbocycles. The highest BCUT2D eigenvalue weighted by molar-refractivity contribution is 5.81. The van der Waals surface area contributed by atoms with Crippen molar-refractivity contribution < 1.29 is 4.79 Å². The minimum atomic E-state index is 0.290. The summed E-state index contributed by atoms with van der Waals surface area (Å²) in [5.41, 5.74) is 0.372. The molecule has 2 rings (SSSR count). The van der Waals surface area contributed by atoms with Gasteiger partial charge in [0.2, 0.25) is 0 Å². The topological polar surface area (TPSA) is 23.6 Å². The Balaban J connectivity index is 1.87. The Bertz CT molecular complexity index is 336. The number of rotatable bonds is 6. The van der Waals surface area contributed by atoms with Crippen molar-refractivity contribution in [3.05, 3.63) is 0 Å². The molecule has 0 heterocycles. The second-order valence-corrected chi connectivity index (χ2v) is 7.38. The van der Waals surface area contributed by atoms with Crippen LogP contribution < -0.4 is 0 Å². The first-order chi connectivity index (χ1) is 9.47. The number of likely N-dealkylation sites (N-methyl/N-ethyl adjacent to an activating group) is 2. The van der Waals surface area contributed by atoms with Gasteiger partial charge < -0.3 is 9.80 Å². The Kier molecular flexibility index (Phi) is 5.25. The molecular weight excluding hydrogens is 248 g/mol. The van der Waals surface area contributed by atoms with Gasteiger partial charge in [-0.05, 0) is 59.2 Å². The number of hydrogen-bond donors (Lipinski definition) is 0. The first kappa shape index (κ1) is 16.0. The summed E-state index contributed by atoms with van der Waals surface area (Å²) in [6.45, 7) is 4.34. The van der Waals surface area contributed by atoms with Crippen molar-refractivity contribution >= 4 is 5.78 Å². The van der Waals surface area contributed by atoms with E-state index in [4.69, 9.17) is 0 Å². The van der Waals surface area contributed by atoms with Crippen molar-refractivity contribution in [1.82, 2.24) is 9.80 Å². The largest absolute Gasteiger partial charge is 0.304 e. The molecule has 20 heavy (non-hydrogen) atoms. The summed E-state index contributed by atoms with van der Waals surface area (Å²) in [5.74, 6) is 1.57. The minimum Gasteiger partial charge on any atom is -0.304 e. The summed E-state index contributed by atoms with van der Waals surface area (Å²) in [4.78, 5) is 16.9. The number of Topliss-reactive ketones (excluding diaryl/α,β-unsaturated/α-hetero) is 1. The van der Waals surface area contributed by atoms with Crippen LogP contribution in [0.15, 0.2) is 0 Å². The molecule has 116 valence electrons. The van der Waals surface area contributed by atoms with Crippen LogP contribution >= 0.6 is 0 Å². The molecule has 0 N–H and O–H groups in total. The van der Waals surface area contributed by atoms with Crippen LogP contribution in [0.25, 0.3) is 0 Å². The fraction of sp³-hybridized carbons (Fsp3) is 0.941. The zero-order valence-electron chi connectivity index (χ0n) is 13.8. The van der Waals surface area contributed by atoms with Gasteiger partial charge >= 0.3 is 0 Å². The van der Waals surface area contributed by atoms with E-state index < -0.39 is 0 Å². The smallest absolute Gasteiger partial charge is 0.137 e. The number of nitrogens with zero attached hydrogens (tertiary/aromatic N) is 2. The van der Waals surface area contributed by atoms with Crippen LogP contribution in [0.4, 0.5) is 0 Å². The van der Waals surface area contributed by atoms with Gasteiger partial charge in [-0.2, -0.15) is 0 Å². The Labute approximate surface area is 124 Å². The average Bonchev–Trinajstić information content (AvgIpc) is 2.36. The molecule has 0 saturated heterocycles. The van der Waals surface area contributed by atoms with E-state index in [1.807, 2.05) is 0 Å². The van der Waals surface area contributed by atoms with Gasteiger partial charge in [-0.3, -0.25) is 4.79 Å². The molecule has 0 aliphatic heterocycles. The quantitative estimate of drug-likeness (QED) is 0.747. The first-order valence-corrected chi connectivity index (χ1v) is 8.35. The van der Waals surface area contributed by atoms with E-state index in [1.54, 1.807) is 0 Å². The molecule has 2 aliphatic rings. The van der Waals surface area contributed by atoms with E-state index in [0.717, 1.165) is 38.3 Å². The molecule has 2 fully saturated rings. The molecule has 0 aromatic rings. The van der Waals surface area contributed by atoms with E-state index in [-0.39, 0.29) is 5.92 Å². The maximum absolute atomic E-state index is 12.1. The highest BCUT2D eigenvalue weighted by atomic mass is 16.1. The molecule has 0 radical (unpaired) electrons. The van der Waals surface area contributed by atoms with Crippen LogP contribution in [0.5, 0.6) is 0 Å². The Morgan fingerprint density at radius 2 is 1.95 bits per heavy atom.